The number of rotatable bonds is 6. The molecule has 7 heteroatoms. The lowest BCUT2D eigenvalue weighted by atomic mass is 10.1. The van der Waals surface area contributed by atoms with Crippen molar-refractivity contribution in [2.45, 2.75) is 32.2 Å². The van der Waals surface area contributed by atoms with Gasteiger partial charge in [-0.15, -0.1) is 5.10 Å². The number of hydrogen-bond acceptors (Lipinski definition) is 5. The van der Waals surface area contributed by atoms with Crippen LogP contribution < -0.4 is 0 Å². The first-order valence-electron chi connectivity index (χ1n) is 5.32. The molecule has 1 heterocycles. The van der Waals surface area contributed by atoms with Gasteiger partial charge >= 0.3 is 11.9 Å². The topological polar surface area (TPSA) is 94.3 Å². The average molecular weight is 241 g/mol. The summed E-state index contributed by atoms with van der Waals surface area (Å²) in [5, 5.41) is 12.9. The third kappa shape index (κ3) is 3.27. The standard InChI is InChI=1S/C10H15N3O4/c1-3-4-5-7(9(14)15)13-6-11-8(12-13)10(16)17-2/h6-7H,3-5H2,1-2H3,(H,14,15). The number of esters is 1. The van der Waals surface area contributed by atoms with Crippen LogP contribution in [0.3, 0.4) is 0 Å². The van der Waals surface area contributed by atoms with Crippen molar-refractivity contribution in [2.75, 3.05) is 7.11 Å². The van der Waals surface area contributed by atoms with Crippen molar-refractivity contribution >= 4 is 11.9 Å². The van der Waals surface area contributed by atoms with Crippen LogP contribution in [0.15, 0.2) is 6.33 Å². The van der Waals surface area contributed by atoms with Crippen molar-refractivity contribution in [1.82, 2.24) is 14.8 Å². The minimum atomic E-state index is -0.986. The summed E-state index contributed by atoms with van der Waals surface area (Å²) in [7, 11) is 1.22. The minimum absolute atomic E-state index is 0.129. The minimum Gasteiger partial charge on any atom is -0.480 e. The number of hydrogen-bond donors (Lipinski definition) is 1. The van der Waals surface area contributed by atoms with Gasteiger partial charge in [-0.3, -0.25) is 0 Å². The van der Waals surface area contributed by atoms with Crippen molar-refractivity contribution in [3.05, 3.63) is 12.2 Å². The van der Waals surface area contributed by atoms with E-state index in [4.69, 9.17) is 5.11 Å². The maximum absolute atomic E-state index is 11.1. The summed E-state index contributed by atoms with van der Waals surface area (Å²) >= 11 is 0. The maximum atomic E-state index is 11.1. The van der Waals surface area contributed by atoms with Crippen LogP contribution in [0.25, 0.3) is 0 Å². The molecule has 0 spiro atoms. The van der Waals surface area contributed by atoms with Gasteiger partial charge < -0.3 is 9.84 Å². The lowest BCUT2D eigenvalue weighted by Crippen LogP contribution is -2.20. The van der Waals surface area contributed by atoms with Gasteiger partial charge in [-0.05, 0) is 6.42 Å². The van der Waals surface area contributed by atoms with E-state index < -0.39 is 18.0 Å². The summed E-state index contributed by atoms with van der Waals surface area (Å²) in [5.41, 5.74) is 0. The highest BCUT2D eigenvalue weighted by Crippen LogP contribution is 2.14. The number of carbonyl (C=O) groups excluding carboxylic acids is 1. The van der Waals surface area contributed by atoms with Crippen molar-refractivity contribution < 1.29 is 19.4 Å². The first-order valence-corrected chi connectivity index (χ1v) is 5.32. The lowest BCUT2D eigenvalue weighted by Gasteiger charge is -2.10. The monoisotopic (exact) mass is 241 g/mol. The molecule has 1 rings (SSSR count). The number of aromatic nitrogens is 3. The lowest BCUT2D eigenvalue weighted by molar-refractivity contribution is -0.141. The predicted octanol–water partition coefficient (Wildman–Crippen LogP) is 0.881. The fraction of sp³-hybridized carbons (Fsp3) is 0.600. The second-order valence-corrected chi connectivity index (χ2v) is 3.54. The number of aliphatic carboxylic acids is 1. The molecule has 0 fully saturated rings. The average Bonchev–Trinajstić information content (AvgIpc) is 2.77. The van der Waals surface area contributed by atoms with Crippen LogP contribution in [0.1, 0.15) is 42.8 Å². The van der Waals surface area contributed by atoms with E-state index in [1.807, 2.05) is 6.92 Å². The van der Waals surface area contributed by atoms with Crippen molar-refractivity contribution in [3.8, 4) is 0 Å². The molecule has 0 saturated heterocycles. The zero-order valence-electron chi connectivity index (χ0n) is 9.79. The zero-order valence-corrected chi connectivity index (χ0v) is 9.79. The summed E-state index contributed by atoms with van der Waals surface area (Å²) in [6, 6.07) is -0.791. The molecule has 7 nitrogen and oxygen atoms in total. The van der Waals surface area contributed by atoms with Crippen LogP contribution >= 0.6 is 0 Å². The maximum Gasteiger partial charge on any atom is 0.377 e. The molecule has 0 aliphatic heterocycles. The Morgan fingerprint density at radius 1 is 1.59 bits per heavy atom. The highest BCUT2D eigenvalue weighted by Gasteiger charge is 2.22. The second-order valence-electron chi connectivity index (χ2n) is 3.54. The molecule has 0 aliphatic carbocycles. The van der Waals surface area contributed by atoms with Gasteiger partial charge in [-0.25, -0.2) is 19.3 Å². The molecule has 94 valence electrons. The van der Waals surface area contributed by atoms with E-state index in [1.54, 1.807) is 0 Å². The van der Waals surface area contributed by atoms with Crippen LogP contribution in [-0.4, -0.2) is 38.9 Å². The van der Waals surface area contributed by atoms with Crippen LogP contribution in [0, 0.1) is 0 Å². The van der Waals surface area contributed by atoms with E-state index in [9.17, 15) is 9.59 Å². The number of unbranched alkanes of at least 4 members (excludes halogenated alkanes) is 1. The molecule has 17 heavy (non-hydrogen) atoms. The Hall–Kier alpha value is -1.92. The SMILES string of the molecule is CCCCC(C(=O)O)n1cnc(C(=O)OC)n1. The molecular weight excluding hydrogens is 226 g/mol. The third-order valence-corrected chi connectivity index (χ3v) is 2.31. The van der Waals surface area contributed by atoms with Crippen LogP contribution in [0.4, 0.5) is 0 Å². The fourth-order valence-corrected chi connectivity index (χ4v) is 1.38. The van der Waals surface area contributed by atoms with E-state index in [1.165, 1.54) is 18.1 Å². The van der Waals surface area contributed by atoms with E-state index in [0.29, 0.717) is 6.42 Å². The molecule has 0 aromatic carbocycles. The van der Waals surface area contributed by atoms with E-state index in [0.717, 1.165) is 12.8 Å². The number of nitrogens with zero attached hydrogens (tertiary/aromatic N) is 3. The molecule has 1 atom stereocenters. The van der Waals surface area contributed by atoms with Gasteiger partial charge in [0.2, 0.25) is 0 Å². The molecule has 1 N–H and O–H groups in total. The van der Waals surface area contributed by atoms with Crippen molar-refractivity contribution in [1.29, 1.82) is 0 Å². The van der Waals surface area contributed by atoms with Crippen molar-refractivity contribution in [2.24, 2.45) is 0 Å². The van der Waals surface area contributed by atoms with E-state index >= 15 is 0 Å². The Labute approximate surface area is 98.4 Å². The van der Waals surface area contributed by atoms with Gasteiger partial charge in [0.05, 0.1) is 7.11 Å². The molecule has 0 radical (unpaired) electrons. The Bertz CT molecular complexity index is 402. The normalized spacial score (nSPS) is 12.1. The highest BCUT2D eigenvalue weighted by molar-refractivity contribution is 5.84. The van der Waals surface area contributed by atoms with Gasteiger partial charge in [0.25, 0.3) is 5.82 Å². The predicted molar refractivity (Wildman–Crippen MR) is 57.6 cm³/mol. The third-order valence-electron chi connectivity index (χ3n) is 2.31. The van der Waals surface area contributed by atoms with Crippen LogP contribution in [0.5, 0.6) is 0 Å². The van der Waals surface area contributed by atoms with Gasteiger partial charge in [0.1, 0.15) is 6.33 Å². The summed E-state index contributed by atoms with van der Waals surface area (Å²) in [5.74, 6) is -1.79. The molecule has 0 aliphatic rings. The van der Waals surface area contributed by atoms with E-state index in [-0.39, 0.29) is 5.82 Å². The number of methoxy groups -OCH3 is 1. The summed E-state index contributed by atoms with van der Waals surface area (Å²) in [6.07, 6.45) is 3.35. The second kappa shape index (κ2) is 5.97. The van der Waals surface area contributed by atoms with Crippen LogP contribution in [-0.2, 0) is 9.53 Å². The summed E-state index contributed by atoms with van der Waals surface area (Å²) in [6.45, 7) is 1.97. The Balaban J connectivity index is 2.84. The fourth-order valence-electron chi connectivity index (χ4n) is 1.38. The van der Waals surface area contributed by atoms with Gasteiger partial charge in [0.15, 0.2) is 6.04 Å². The van der Waals surface area contributed by atoms with Gasteiger partial charge in [-0.2, -0.15) is 0 Å². The molecule has 0 saturated carbocycles. The van der Waals surface area contributed by atoms with Crippen LogP contribution in [0.2, 0.25) is 0 Å². The first kappa shape index (κ1) is 13.1. The number of ether oxygens (including phenoxy) is 1. The van der Waals surface area contributed by atoms with Gasteiger partial charge in [0, 0.05) is 0 Å². The smallest absolute Gasteiger partial charge is 0.377 e. The highest BCUT2D eigenvalue weighted by atomic mass is 16.5. The summed E-state index contributed by atoms with van der Waals surface area (Å²) in [4.78, 5) is 25.9. The van der Waals surface area contributed by atoms with Gasteiger partial charge in [-0.1, -0.05) is 19.8 Å². The molecule has 0 bridgehead atoms. The summed E-state index contributed by atoms with van der Waals surface area (Å²) < 4.78 is 5.63. The number of carboxylic acid groups (broad SMARTS) is 1. The van der Waals surface area contributed by atoms with Crippen molar-refractivity contribution in [3.63, 3.8) is 0 Å². The molecular formula is C10H15N3O4. The Morgan fingerprint density at radius 2 is 2.29 bits per heavy atom. The zero-order chi connectivity index (χ0) is 12.8. The van der Waals surface area contributed by atoms with E-state index in [2.05, 4.69) is 14.8 Å². The Kier molecular flexibility index (Phi) is 4.62. The molecule has 1 aromatic heterocycles. The molecule has 1 unspecified atom stereocenters. The molecule has 1 aromatic rings. The Morgan fingerprint density at radius 3 is 2.82 bits per heavy atom. The molecule has 0 amide bonds. The largest absolute Gasteiger partial charge is 0.480 e. The first-order chi connectivity index (χ1) is 8.10. The number of carbonyl (C=O) groups is 2. The number of carboxylic acids is 1. The quantitative estimate of drug-likeness (QED) is 0.743.